The molecule has 1 amide bonds. The Labute approximate surface area is 111 Å². The molecule has 1 aliphatic rings. The summed E-state index contributed by atoms with van der Waals surface area (Å²) in [5.74, 6) is -0.154. The van der Waals surface area contributed by atoms with Crippen LogP contribution < -0.4 is 5.32 Å². The Bertz CT molecular complexity index is 434. The average Bonchev–Trinajstić information content (AvgIpc) is 2.43. The van der Waals surface area contributed by atoms with Crippen LogP contribution >= 0.6 is 0 Å². The lowest BCUT2D eigenvalue weighted by Crippen LogP contribution is -2.52. The van der Waals surface area contributed by atoms with Crippen LogP contribution in [0.2, 0.25) is 0 Å². The van der Waals surface area contributed by atoms with Gasteiger partial charge in [-0.3, -0.25) is 4.79 Å². The molecule has 0 spiro atoms. The first-order valence-corrected chi connectivity index (χ1v) is 6.27. The van der Waals surface area contributed by atoms with Gasteiger partial charge >= 0.3 is 0 Å². The van der Waals surface area contributed by atoms with Gasteiger partial charge in [-0.1, -0.05) is 18.2 Å². The Morgan fingerprint density at radius 2 is 2.16 bits per heavy atom. The van der Waals surface area contributed by atoms with Crippen molar-refractivity contribution in [1.82, 2.24) is 5.32 Å². The van der Waals surface area contributed by atoms with Gasteiger partial charge in [-0.05, 0) is 19.1 Å². The van der Waals surface area contributed by atoms with Crippen LogP contribution in [-0.4, -0.2) is 37.2 Å². The quantitative estimate of drug-likeness (QED) is 0.827. The first-order valence-electron chi connectivity index (χ1n) is 6.27. The van der Waals surface area contributed by atoms with Crippen molar-refractivity contribution in [1.29, 1.82) is 0 Å². The van der Waals surface area contributed by atoms with Gasteiger partial charge in [-0.2, -0.15) is 0 Å². The number of hydrogen-bond acceptors (Lipinski definition) is 4. The largest absolute Gasteiger partial charge is 0.350 e. The number of rotatable bonds is 4. The predicted molar refractivity (Wildman–Crippen MR) is 68.7 cm³/mol. The van der Waals surface area contributed by atoms with E-state index in [9.17, 15) is 9.59 Å². The lowest BCUT2D eigenvalue weighted by molar-refractivity contribution is -0.217. The number of benzene rings is 1. The summed E-state index contributed by atoms with van der Waals surface area (Å²) < 4.78 is 10.9. The van der Waals surface area contributed by atoms with Gasteiger partial charge in [0.05, 0.1) is 25.2 Å². The van der Waals surface area contributed by atoms with Crippen molar-refractivity contribution in [2.75, 3.05) is 6.61 Å². The van der Waals surface area contributed by atoms with Gasteiger partial charge in [0.25, 0.3) is 5.91 Å². The summed E-state index contributed by atoms with van der Waals surface area (Å²) in [5, 5.41) is 2.87. The first kappa shape index (κ1) is 13.7. The van der Waals surface area contributed by atoms with Crippen molar-refractivity contribution >= 4 is 12.2 Å². The van der Waals surface area contributed by atoms with Gasteiger partial charge in [-0.25, -0.2) is 0 Å². The van der Waals surface area contributed by atoms with Crippen molar-refractivity contribution in [2.24, 2.45) is 0 Å². The number of hydrogen-bond donors (Lipinski definition) is 1. The summed E-state index contributed by atoms with van der Waals surface area (Å²) in [6, 6.07) is 8.77. The summed E-state index contributed by atoms with van der Waals surface area (Å²) >= 11 is 0. The summed E-state index contributed by atoms with van der Waals surface area (Å²) in [6.45, 7) is 2.20. The smallest absolute Gasteiger partial charge is 0.251 e. The Morgan fingerprint density at radius 1 is 1.42 bits per heavy atom. The van der Waals surface area contributed by atoms with Crippen molar-refractivity contribution in [3.8, 4) is 0 Å². The Kier molecular flexibility index (Phi) is 4.65. The molecule has 5 heteroatoms. The molecule has 0 saturated carbocycles. The molecule has 102 valence electrons. The minimum absolute atomic E-state index is 0.154. The zero-order valence-corrected chi connectivity index (χ0v) is 10.7. The molecule has 5 nitrogen and oxygen atoms in total. The Balaban J connectivity index is 1.90. The van der Waals surface area contributed by atoms with E-state index in [1.807, 2.05) is 25.1 Å². The summed E-state index contributed by atoms with van der Waals surface area (Å²) in [7, 11) is 0. The van der Waals surface area contributed by atoms with Gasteiger partial charge in [0.2, 0.25) is 0 Å². The van der Waals surface area contributed by atoms with Gasteiger partial charge in [-0.15, -0.1) is 0 Å². The van der Waals surface area contributed by atoms with Gasteiger partial charge in [0.1, 0.15) is 6.29 Å². The van der Waals surface area contributed by atoms with Crippen molar-refractivity contribution in [3.05, 3.63) is 35.9 Å². The maximum Gasteiger partial charge on any atom is 0.251 e. The molecule has 0 bridgehead atoms. The summed E-state index contributed by atoms with van der Waals surface area (Å²) in [6.07, 6.45) is 0.285. The zero-order valence-electron chi connectivity index (χ0n) is 10.7. The van der Waals surface area contributed by atoms with Crippen LogP contribution in [0.3, 0.4) is 0 Å². The molecule has 19 heavy (non-hydrogen) atoms. The van der Waals surface area contributed by atoms with Crippen LogP contribution in [-0.2, 0) is 14.3 Å². The highest BCUT2D eigenvalue weighted by atomic mass is 16.7. The number of carbonyl (C=O) groups is 2. The van der Waals surface area contributed by atoms with E-state index in [1.165, 1.54) is 0 Å². The second-order valence-electron chi connectivity index (χ2n) is 4.45. The minimum atomic E-state index is -0.502. The number of carbonyl (C=O) groups excluding carboxylic acids is 2. The minimum Gasteiger partial charge on any atom is -0.350 e. The highest BCUT2D eigenvalue weighted by Crippen LogP contribution is 2.15. The number of amides is 1. The van der Waals surface area contributed by atoms with E-state index in [2.05, 4.69) is 5.32 Å². The van der Waals surface area contributed by atoms with Crippen LogP contribution in [0.1, 0.15) is 23.7 Å². The van der Waals surface area contributed by atoms with Gasteiger partial charge in [0, 0.05) is 5.56 Å². The molecular weight excluding hydrogens is 246 g/mol. The molecule has 0 aromatic heterocycles. The molecule has 3 atom stereocenters. The molecule has 1 aromatic rings. The van der Waals surface area contributed by atoms with Crippen LogP contribution in [0.25, 0.3) is 0 Å². The SMILES string of the molecule is C[C@H]1O[C@@H](CC=O)OC[C@H]1NC(=O)c1ccccc1. The maximum absolute atomic E-state index is 12.0. The van der Waals surface area contributed by atoms with E-state index >= 15 is 0 Å². The van der Waals surface area contributed by atoms with E-state index in [1.54, 1.807) is 12.1 Å². The van der Waals surface area contributed by atoms with Gasteiger partial charge in [0.15, 0.2) is 6.29 Å². The molecule has 0 radical (unpaired) electrons. The van der Waals surface area contributed by atoms with E-state index in [-0.39, 0.29) is 24.5 Å². The van der Waals surface area contributed by atoms with E-state index < -0.39 is 6.29 Å². The normalized spacial score (nSPS) is 26.7. The second kappa shape index (κ2) is 6.45. The molecule has 1 fully saturated rings. The van der Waals surface area contributed by atoms with Crippen molar-refractivity contribution in [2.45, 2.75) is 31.8 Å². The van der Waals surface area contributed by atoms with Crippen molar-refractivity contribution in [3.63, 3.8) is 0 Å². The van der Waals surface area contributed by atoms with E-state index in [0.29, 0.717) is 12.2 Å². The number of nitrogens with one attached hydrogen (secondary N) is 1. The maximum atomic E-state index is 12.0. The molecule has 1 saturated heterocycles. The monoisotopic (exact) mass is 263 g/mol. The fraction of sp³-hybridized carbons (Fsp3) is 0.429. The second-order valence-corrected chi connectivity index (χ2v) is 4.45. The average molecular weight is 263 g/mol. The first-order chi connectivity index (χ1) is 9.20. The van der Waals surface area contributed by atoms with Gasteiger partial charge < -0.3 is 19.6 Å². The lowest BCUT2D eigenvalue weighted by atomic mass is 10.1. The molecular formula is C14H17NO4. The van der Waals surface area contributed by atoms with Crippen LogP contribution in [0.15, 0.2) is 30.3 Å². The topological polar surface area (TPSA) is 64.6 Å². The predicted octanol–water partition coefficient (Wildman–Crippen LogP) is 1.14. The lowest BCUT2D eigenvalue weighted by Gasteiger charge is -2.34. The van der Waals surface area contributed by atoms with E-state index in [0.717, 1.165) is 6.29 Å². The molecule has 1 heterocycles. The third kappa shape index (κ3) is 3.62. The standard InChI is InChI=1S/C14H17NO4/c1-10-12(9-18-13(19-10)7-8-16)15-14(17)11-5-3-2-4-6-11/h2-6,8,10,12-13H,7,9H2,1H3,(H,15,17)/t10-,12-,13+/m1/s1. The molecule has 1 N–H and O–H groups in total. The number of aldehydes is 1. The van der Waals surface area contributed by atoms with E-state index in [4.69, 9.17) is 9.47 Å². The third-order valence-electron chi connectivity index (χ3n) is 3.04. The van der Waals surface area contributed by atoms with Crippen molar-refractivity contribution < 1.29 is 19.1 Å². The molecule has 0 unspecified atom stereocenters. The molecule has 0 aliphatic carbocycles. The zero-order chi connectivity index (χ0) is 13.7. The highest BCUT2D eigenvalue weighted by molar-refractivity contribution is 5.94. The molecule has 1 aromatic carbocycles. The number of ether oxygens (including phenoxy) is 2. The molecule has 2 rings (SSSR count). The Hall–Kier alpha value is -1.72. The third-order valence-corrected chi connectivity index (χ3v) is 3.04. The van der Waals surface area contributed by atoms with Crippen LogP contribution in [0.5, 0.6) is 0 Å². The Morgan fingerprint density at radius 3 is 2.79 bits per heavy atom. The van der Waals surface area contributed by atoms with Crippen LogP contribution in [0.4, 0.5) is 0 Å². The summed E-state index contributed by atoms with van der Waals surface area (Å²) in [5.41, 5.74) is 0.602. The fourth-order valence-corrected chi connectivity index (χ4v) is 1.92. The fourth-order valence-electron chi connectivity index (χ4n) is 1.92. The highest BCUT2D eigenvalue weighted by Gasteiger charge is 2.29. The molecule has 1 aliphatic heterocycles. The summed E-state index contributed by atoms with van der Waals surface area (Å²) in [4.78, 5) is 22.4. The van der Waals surface area contributed by atoms with Crippen LogP contribution in [0, 0.1) is 0 Å².